The molecule has 0 aromatic carbocycles. The summed E-state index contributed by atoms with van der Waals surface area (Å²) in [5, 5.41) is 5.44. The summed E-state index contributed by atoms with van der Waals surface area (Å²) in [6.07, 6.45) is 2.57. The predicted octanol–water partition coefficient (Wildman–Crippen LogP) is 2.93. The van der Waals surface area contributed by atoms with Crippen molar-refractivity contribution in [1.82, 2.24) is 19.6 Å². The lowest BCUT2D eigenvalue weighted by Crippen LogP contribution is -2.31. The molecule has 0 atom stereocenters. The van der Waals surface area contributed by atoms with E-state index >= 15 is 0 Å². The normalized spacial score (nSPS) is 17.8. The molecule has 0 radical (unpaired) electrons. The fraction of sp³-hybridized carbons (Fsp3) is 0.462. The third-order valence-corrected chi connectivity index (χ3v) is 4.92. The number of hydrogen-bond donors (Lipinski definition) is 0. The first-order valence-corrected chi connectivity index (χ1v) is 7.77. The van der Waals surface area contributed by atoms with Crippen LogP contribution in [-0.2, 0) is 23.6 Å². The van der Waals surface area contributed by atoms with Crippen molar-refractivity contribution in [2.24, 2.45) is 0 Å². The lowest BCUT2D eigenvalue weighted by Gasteiger charge is -2.30. The number of fused-ring (bicyclic) bond motifs is 5. The maximum Gasteiger partial charge on any atom is 0.168 e. The summed E-state index contributed by atoms with van der Waals surface area (Å²) < 4.78 is 7.60. The van der Waals surface area contributed by atoms with Crippen LogP contribution in [0, 0.1) is 0 Å². The van der Waals surface area contributed by atoms with Crippen LogP contribution in [0.25, 0.3) is 15.9 Å². The van der Waals surface area contributed by atoms with Crippen LogP contribution < -0.4 is 0 Å². The number of rotatable bonds is 1. The van der Waals surface area contributed by atoms with Crippen molar-refractivity contribution >= 4 is 38.8 Å². The molecule has 3 aromatic rings. The Labute approximate surface area is 124 Å². The number of halogens is 1. The number of ether oxygens (including phenoxy) is 1. The minimum atomic E-state index is -0.150. The van der Waals surface area contributed by atoms with Gasteiger partial charge < -0.3 is 4.74 Å². The van der Waals surface area contributed by atoms with E-state index < -0.39 is 0 Å². The van der Waals surface area contributed by atoms with Crippen LogP contribution in [0.3, 0.4) is 0 Å². The number of hydrogen-bond acceptors (Lipinski definition) is 5. The van der Waals surface area contributed by atoms with E-state index in [1.165, 1.54) is 10.4 Å². The molecule has 104 valence electrons. The van der Waals surface area contributed by atoms with E-state index in [0.717, 1.165) is 22.3 Å². The largest absolute Gasteiger partial charge is 0.370 e. The average Bonchev–Trinajstić information content (AvgIpc) is 2.97. The minimum absolute atomic E-state index is 0.150. The Morgan fingerprint density at radius 2 is 2.35 bits per heavy atom. The molecule has 0 saturated carbocycles. The van der Waals surface area contributed by atoms with Crippen LogP contribution in [0.2, 0.25) is 0 Å². The van der Waals surface area contributed by atoms with Crippen LogP contribution in [0.1, 0.15) is 30.1 Å². The van der Waals surface area contributed by atoms with Gasteiger partial charge in [-0.1, -0.05) is 0 Å². The summed E-state index contributed by atoms with van der Waals surface area (Å²) in [4.78, 5) is 11.3. The van der Waals surface area contributed by atoms with Gasteiger partial charge >= 0.3 is 0 Å². The highest BCUT2D eigenvalue weighted by molar-refractivity contribution is 7.19. The van der Waals surface area contributed by atoms with E-state index in [9.17, 15) is 0 Å². The van der Waals surface area contributed by atoms with Crippen molar-refractivity contribution < 1.29 is 4.74 Å². The van der Waals surface area contributed by atoms with Gasteiger partial charge in [-0.3, -0.25) is 0 Å². The highest BCUT2D eigenvalue weighted by Crippen LogP contribution is 2.39. The second-order valence-electron chi connectivity index (χ2n) is 5.58. The molecule has 4 heterocycles. The van der Waals surface area contributed by atoms with Crippen LogP contribution in [0.4, 0.5) is 0 Å². The van der Waals surface area contributed by atoms with Gasteiger partial charge in [0.05, 0.1) is 23.5 Å². The summed E-state index contributed by atoms with van der Waals surface area (Å²) in [7, 11) is 0. The van der Waals surface area contributed by atoms with Crippen LogP contribution in [0.5, 0.6) is 0 Å². The summed E-state index contributed by atoms with van der Waals surface area (Å²) >= 11 is 7.52. The van der Waals surface area contributed by atoms with E-state index in [0.29, 0.717) is 18.3 Å². The van der Waals surface area contributed by atoms with E-state index in [2.05, 4.69) is 28.9 Å². The molecule has 4 rings (SSSR count). The van der Waals surface area contributed by atoms with Gasteiger partial charge in [-0.2, -0.15) is 0 Å². The molecule has 0 amide bonds. The van der Waals surface area contributed by atoms with Crippen LogP contribution in [-0.4, -0.2) is 25.2 Å². The zero-order valence-electron chi connectivity index (χ0n) is 11.2. The molecule has 0 spiro atoms. The minimum Gasteiger partial charge on any atom is -0.370 e. The van der Waals surface area contributed by atoms with E-state index in [1.54, 1.807) is 22.2 Å². The standard InChI is InChI=1S/C13H13ClN4OS/c1-13(2)3-7-8(5-19-13)20-12-10(7)11-16-9(4-14)17-18(11)6-15-12/h6H,3-5H2,1-2H3. The number of thiophene rings is 1. The molecule has 0 saturated heterocycles. The van der Waals surface area contributed by atoms with Gasteiger partial charge in [0.1, 0.15) is 11.2 Å². The Bertz CT molecular complexity index is 823. The lowest BCUT2D eigenvalue weighted by molar-refractivity contribution is -0.0379. The highest BCUT2D eigenvalue weighted by Gasteiger charge is 2.30. The zero-order chi connectivity index (χ0) is 13.9. The molecule has 0 N–H and O–H groups in total. The summed E-state index contributed by atoms with van der Waals surface area (Å²) in [6.45, 7) is 4.87. The second-order valence-corrected chi connectivity index (χ2v) is 6.93. The van der Waals surface area contributed by atoms with E-state index in [1.807, 2.05) is 0 Å². The maximum absolute atomic E-state index is 5.88. The van der Waals surface area contributed by atoms with E-state index in [4.69, 9.17) is 16.3 Å². The molecule has 0 unspecified atom stereocenters. The van der Waals surface area contributed by atoms with Crippen molar-refractivity contribution in [2.75, 3.05) is 0 Å². The zero-order valence-corrected chi connectivity index (χ0v) is 12.8. The van der Waals surface area contributed by atoms with Crippen molar-refractivity contribution in [1.29, 1.82) is 0 Å². The molecular weight excluding hydrogens is 296 g/mol. The Kier molecular flexibility index (Phi) is 2.58. The molecule has 0 bridgehead atoms. The van der Waals surface area contributed by atoms with Gasteiger partial charge in [0.25, 0.3) is 0 Å². The Hall–Kier alpha value is -1.24. The Balaban J connectivity index is 2.06. The maximum atomic E-state index is 5.88. The Morgan fingerprint density at radius 3 is 3.15 bits per heavy atom. The number of alkyl halides is 1. The van der Waals surface area contributed by atoms with Gasteiger partial charge in [-0.15, -0.1) is 28.0 Å². The molecule has 20 heavy (non-hydrogen) atoms. The van der Waals surface area contributed by atoms with Crippen molar-refractivity contribution in [3.8, 4) is 0 Å². The lowest BCUT2D eigenvalue weighted by atomic mass is 9.94. The first-order valence-electron chi connectivity index (χ1n) is 6.42. The molecular formula is C13H13ClN4OS. The van der Waals surface area contributed by atoms with Gasteiger partial charge in [-0.05, 0) is 19.4 Å². The topological polar surface area (TPSA) is 52.3 Å². The van der Waals surface area contributed by atoms with E-state index in [-0.39, 0.29) is 5.60 Å². The number of nitrogens with zero attached hydrogens (tertiary/aromatic N) is 4. The molecule has 3 aromatic heterocycles. The first-order chi connectivity index (χ1) is 9.57. The average molecular weight is 309 g/mol. The van der Waals surface area contributed by atoms with Crippen molar-refractivity contribution in [2.45, 2.75) is 38.4 Å². The smallest absolute Gasteiger partial charge is 0.168 e. The Morgan fingerprint density at radius 1 is 1.50 bits per heavy atom. The molecule has 0 fully saturated rings. The molecule has 0 aliphatic carbocycles. The van der Waals surface area contributed by atoms with Crippen molar-refractivity contribution in [3.63, 3.8) is 0 Å². The van der Waals surface area contributed by atoms with Gasteiger partial charge in [0, 0.05) is 11.3 Å². The second kappa shape index (κ2) is 4.13. The first kappa shape index (κ1) is 12.5. The fourth-order valence-corrected chi connectivity index (χ4v) is 3.82. The highest BCUT2D eigenvalue weighted by atomic mass is 35.5. The van der Waals surface area contributed by atoms with Crippen LogP contribution >= 0.6 is 22.9 Å². The predicted molar refractivity (Wildman–Crippen MR) is 78.3 cm³/mol. The summed E-state index contributed by atoms with van der Waals surface area (Å²) in [6, 6.07) is 0. The third-order valence-electron chi connectivity index (χ3n) is 3.57. The van der Waals surface area contributed by atoms with Crippen molar-refractivity contribution in [3.05, 3.63) is 22.6 Å². The van der Waals surface area contributed by atoms with Gasteiger partial charge in [0.15, 0.2) is 11.5 Å². The van der Waals surface area contributed by atoms with Gasteiger partial charge in [0.2, 0.25) is 0 Å². The molecule has 7 heteroatoms. The SMILES string of the molecule is CC1(C)Cc2c(sc3ncn4nc(CCl)nc4c23)CO1. The summed E-state index contributed by atoms with van der Waals surface area (Å²) in [5.41, 5.74) is 2.00. The van der Waals surface area contributed by atoms with Crippen LogP contribution in [0.15, 0.2) is 6.33 Å². The molecule has 1 aliphatic rings. The monoisotopic (exact) mass is 308 g/mol. The molecule has 5 nitrogen and oxygen atoms in total. The number of aromatic nitrogens is 4. The van der Waals surface area contributed by atoms with Gasteiger partial charge in [-0.25, -0.2) is 14.5 Å². The fourth-order valence-electron chi connectivity index (χ4n) is 2.64. The third kappa shape index (κ3) is 1.75. The quantitative estimate of drug-likeness (QED) is 0.649. The molecule has 1 aliphatic heterocycles. The summed E-state index contributed by atoms with van der Waals surface area (Å²) in [5.74, 6) is 0.941.